The molecule has 6 nitrogen and oxygen atoms in total. The van der Waals surface area contributed by atoms with Crippen molar-refractivity contribution in [3.63, 3.8) is 0 Å². The Hall–Kier alpha value is -3.45. The number of nitrogens with one attached hydrogen (secondary N) is 1. The van der Waals surface area contributed by atoms with Crippen LogP contribution in [0.1, 0.15) is 31.9 Å². The lowest BCUT2D eigenvalue weighted by atomic mass is 10.1. The molecular weight excluding hydrogens is 396 g/mol. The van der Waals surface area contributed by atoms with Crippen LogP contribution in [0.15, 0.2) is 66.3 Å². The number of hydrogen-bond acceptors (Lipinski definition) is 5. The van der Waals surface area contributed by atoms with Gasteiger partial charge in [0.25, 0.3) is 5.91 Å². The third-order valence-corrected chi connectivity index (χ3v) is 5.75. The Morgan fingerprint density at radius 1 is 1.10 bits per heavy atom. The van der Waals surface area contributed by atoms with Gasteiger partial charge in [0, 0.05) is 5.56 Å². The van der Waals surface area contributed by atoms with Crippen molar-refractivity contribution in [2.75, 3.05) is 5.32 Å². The topological polar surface area (TPSA) is 69.0 Å². The number of ether oxygens (including phenoxy) is 1. The zero-order valence-corrected chi connectivity index (χ0v) is 17.6. The summed E-state index contributed by atoms with van der Waals surface area (Å²) in [6.07, 6.45) is 1.61. The van der Waals surface area contributed by atoms with Gasteiger partial charge in [-0.25, -0.2) is 9.67 Å². The zero-order valence-electron chi connectivity index (χ0n) is 16.8. The van der Waals surface area contributed by atoms with E-state index in [-0.39, 0.29) is 11.9 Å². The molecule has 0 saturated carbocycles. The van der Waals surface area contributed by atoms with E-state index < -0.39 is 0 Å². The zero-order chi connectivity index (χ0) is 20.9. The van der Waals surface area contributed by atoms with Crippen LogP contribution in [0.4, 0.5) is 5.95 Å². The van der Waals surface area contributed by atoms with Gasteiger partial charge in [0.15, 0.2) is 0 Å². The quantitative estimate of drug-likeness (QED) is 0.466. The summed E-state index contributed by atoms with van der Waals surface area (Å²) in [6.45, 7) is 5.12. The minimum absolute atomic E-state index is 0.226. The molecule has 30 heavy (non-hydrogen) atoms. The Morgan fingerprint density at radius 2 is 1.93 bits per heavy atom. The van der Waals surface area contributed by atoms with Crippen LogP contribution in [0.5, 0.6) is 5.75 Å². The van der Waals surface area contributed by atoms with E-state index in [1.165, 1.54) is 16.9 Å². The number of rotatable bonds is 7. The van der Waals surface area contributed by atoms with E-state index in [1.807, 2.05) is 60.8 Å². The van der Waals surface area contributed by atoms with Gasteiger partial charge in [0.2, 0.25) is 5.95 Å². The summed E-state index contributed by atoms with van der Waals surface area (Å²) in [5.41, 5.74) is 4.39. The number of benzene rings is 2. The number of carbonyl (C=O) groups excluding carboxylic acids is 1. The molecule has 7 heteroatoms. The van der Waals surface area contributed by atoms with Crippen LogP contribution < -0.4 is 10.1 Å². The molecule has 1 N–H and O–H groups in total. The van der Waals surface area contributed by atoms with Gasteiger partial charge >= 0.3 is 0 Å². The Morgan fingerprint density at radius 3 is 2.77 bits per heavy atom. The third kappa shape index (κ3) is 4.75. The summed E-state index contributed by atoms with van der Waals surface area (Å²) >= 11 is 1.37. The molecule has 0 fully saturated rings. The smallest absolute Gasteiger partial charge is 0.268 e. The van der Waals surface area contributed by atoms with Gasteiger partial charge in [-0.2, -0.15) is 0 Å². The highest BCUT2D eigenvalue weighted by Crippen LogP contribution is 2.23. The van der Waals surface area contributed by atoms with Gasteiger partial charge in [-0.3, -0.25) is 10.1 Å². The minimum Gasteiger partial charge on any atom is -0.489 e. The van der Waals surface area contributed by atoms with Crippen molar-refractivity contribution in [1.82, 2.24) is 14.8 Å². The van der Waals surface area contributed by atoms with Crippen molar-refractivity contribution in [2.45, 2.75) is 27.0 Å². The number of aromatic nitrogens is 3. The molecular formula is C23H22N4O2S. The van der Waals surface area contributed by atoms with Gasteiger partial charge in [0.05, 0.1) is 11.4 Å². The van der Waals surface area contributed by atoms with Crippen molar-refractivity contribution >= 4 is 23.2 Å². The molecule has 4 rings (SSSR count). The second kappa shape index (κ2) is 8.92. The maximum atomic E-state index is 12.5. The van der Waals surface area contributed by atoms with Crippen LogP contribution in [0.3, 0.4) is 0 Å². The van der Waals surface area contributed by atoms with Crippen molar-refractivity contribution in [3.8, 4) is 5.75 Å². The highest BCUT2D eigenvalue weighted by molar-refractivity contribution is 7.12. The number of amides is 1. The fourth-order valence-corrected chi connectivity index (χ4v) is 3.77. The van der Waals surface area contributed by atoms with E-state index in [0.717, 1.165) is 22.4 Å². The van der Waals surface area contributed by atoms with E-state index in [4.69, 9.17) is 4.74 Å². The molecule has 2 aromatic heterocycles. The molecule has 0 aliphatic carbocycles. The molecule has 0 unspecified atom stereocenters. The molecule has 0 saturated heterocycles. The molecule has 0 spiro atoms. The van der Waals surface area contributed by atoms with Crippen LogP contribution in [0, 0.1) is 13.8 Å². The highest BCUT2D eigenvalue weighted by atomic mass is 32.1. The number of hydrogen-bond donors (Lipinski definition) is 1. The summed E-state index contributed by atoms with van der Waals surface area (Å²) in [5, 5.41) is 9.01. The van der Waals surface area contributed by atoms with E-state index in [1.54, 1.807) is 11.0 Å². The Balaban J connectivity index is 1.34. The number of thiophene rings is 1. The Labute approximate surface area is 179 Å². The second-order valence-electron chi connectivity index (χ2n) is 7.01. The first-order valence-corrected chi connectivity index (χ1v) is 10.5. The molecule has 1 amide bonds. The number of carbonyl (C=O) groups is 1. The molecule has 0 bridgehead atoms. The van der Waals surface area contributed by atoms with Crippen LogP contribution in [-0.2, 0) is 13.2 Å². The SMILES string of the molecule is Cc1cccc(OCc2csc(C(=O)Nc3ncn(Cc4ccccc4)n3)c2)c1C. The highest BCUT2D eigenvalue weighted by Gasteiger charge is 2.13. The average Bonchev–Trinajstić information content (AvgIpc) is 3.39. The van der Waals surface area contributed by atoms with Crippen LogP contribution in [-0.4, -0.2) is 20.7 Å². The largest absolute Gasteiger partial charge is 0.489 e. The maximum Gasteiger partial charge on any atom is 0.268 e. The number of anilines is 1. The predicted molar refractivity (Wildman–Crippen MR) is 118 cm³/mol. The fraction of sp³-hybridized carbons (Fsp3) is 0.174. The Kier molecular flexibility index (Phi) is 5.90. The van der Waals surface area contributed by atoms with Gasteiger partial charge in [0.1, 0.15) is 18.7 Å². The molecule has 2 heterocycles. The fourth-order valence-electron chi connectivity index (χ4n) is 2.97. The second-order valence-corrected chi connectivity index (χ2v) is 7.92. The monoisotopic (exact) mass is 418 g/mol. The summed E-state index contributed by atoms with van der Waals surface area (Å²) in [7, 11) is 0. The van der Waals surface area contributed by atoms with Crippen molar-refractivity contribution < 1.29 is 9.53 Å². The lowest BCUT2D eigenvalue weighted by molar-refractivity contribution is 0.102. The van der Waals surface area contributed by atoms with Crippen LogP contribution >= 0.6 is 11.3 Å². The van der Waals surface area contributed by atoms with Gasteiger partial charge in [-0.15, -0.1) is 16.4 Å². The molecule has 0 radical (unpaired) electrons. The van der Waals surface area contributed by atoms with E-state index in [2.05, 4.69) is 28.4 Å². The van der Waals surface area contributed by atoms with E-state index in [0.29, 0.717) is 18.0 Å². The lowest BCUT2D eigenvalue weighted by Crippen LogP contribution is -2.12. The van der Waals surface area contributed by atoms with Crippen molar-refractivity contribution in [2.24, 2.45) is 0 Å². The predicted octanol–water partition coefficient (Wildman–Crippen LogP) is 4.84. The Bertz CT molecular complexity index is 1150. The molecule has 0 aliphatic heterocycles. The summed E-state index contributed by atoms with van der Waals surface area (Å²) < 4.78 is 7.62. The number of nitrogens with zero attached hydrogens (tertiary/aromatic N) is 3. The molecule has 4 aromatic rings. The van der Waals surface area contributed by atoms with Gasteiger partial charge in [-0.1, -0.05) is 42.5 Å². The van der Waals surface area contributed by atoms with Crippen molar-refractivity contribution in [3.05, 3.63) is 93.4 Å². The number of aryl methyl sites for hydroxylation is 1. The summed E-state index contributed by atoms with van der Waals surface area (Å²) in [4.78, 5) is 17.3. The molecule has 2 aromatic carbocycles. The first-order chi connectivity index (χ1) is 14.6. The van der Waals surface area contributed by atoms with Gasteiger partial charge in [-0.05, 0) is 48.1 Å². The lowest BCUT2D eigenvalue weighted by Gasteiger charge is -2.09. The first kappa shape index (κ1) is 19.8. The first-order valence-electron chi connectivity index (χ1n) is 9.59. The van der Waals surface area contributed by atoms with Gasteiger partial charge < -0.3 is 4.74 Å². The van der Waals surface area contributed by atoms with Crippen LogP contribution in [0.25, 0.3) is 0 Å². The van der Waals surface area contributed by atoms with E-state index >= 15 is 0 Å². The standard InChI is InChI=1S/C23H22N4O2S/c1-16-7-6-10-20(17(16)2)29-13-19-11-21(30-14-19)22(28)25-23-24-15-27(26-23)12-18-8-4-3-5-9-18/h3-11,14-15H,12-13H2,1-2H3,(H,25,26,28). The average molecular weight is 419 g/mol. The molecule has 0 atom stereocenters. The maximum absolute atomic E-state index is 12.5. The molecule has 152 valence electrons. The van der Waals surface area contributed by atoms with Crippen LogP contribution in [0.2, 0.25) is 0 Å². The third-order valence-electron chi connectivity index (χ3n) is 4.78. The van der Waals surface area contributed by atoms with E-state index in [9.17, 15) is 4.79 Å². The summed E-state index contributed by atoms with van der Waals surface area (Å²) in [5.74, 6) is 0.924. The van der Waals surface area contributed by atoms with Crippen molar-refractivity contribution in [1.29, 1.82) is 0 Å². The normalized spacial score (nSPS) is 10.7. The summed E-state index contributed by atoms with van der Waals surface area (Å²) in [6, 6.07) is 17.8. The molecule has 0 aliphatic rings. The minimum atomic E-state index is -0.226.